The van der Waals surface area contributed by atoms with Crippen LogP contribution in [0.15, 0.2) is 22.7 Å². The van der Waals surface area contributed by atoms with Crippen molar-refractivity contribution in [3.05, 3.63) is 28.2 Å². The van der Waals surface area contributed by atoms with Gasteiger partial charge in [0.05, 0.1) is 7.11 Å². The van der Waals surface area contributed by atoms with E-state index >= 15 is 0 Å². The number of hydrogen-bond donors (Lipinski definition) is 0. The van der Waals surface area contributed by atoms with Crippen LogP contribution in [0.1, 0.15) is 23.2 Å². The van der Waals surface area contributed by atoms with E-state index in [9.17, 15) is 14.4 Å². The maximum Gasteiger partial charge on any atom is 0.367 e. The molecule has 1 aromatic carbocycles. The number of amides is 2. The van der Waals surface area contributed by atoms with Crippen molar-refractivity contribution < 1.29 is 24.0 Å². The van der Waals surface area contributed by atoms with Gasteiger partial charge in [0.2, 0.25) is 0 Å². The number of carbonyl (C=O) groups excluding carboxylic acids is 3. The van der Waals surface area contributed by atoms with Gasteiger partial charge in [0, 0.05) is 17.3 Å². The molecule has 1 aliphatic rings. The number of benzene rings is 1. The number of nitrogens with zero attached hydrogens (tertiary/aromatic N) is 1. The van der Waals surface area contributed by atoms with Gasteiger partial charge in [0.25, 0.3) is 11.8 Å². The first-order valence-corrected chi connectivity index (χ1v) is 6.24. The molecule has 0 saturated carbocycles. The number of imide groups is 1. The van der Waals surface area contributed by atoms with Gasteiger partial charge in [-0.05, 0) is 18.2 Å². The number of rotatable bonds is 3. The molecule has 0 N–H and O–H groups in total. The Balaban J connectivity index is 2.20. The lowest BCUT2D eigenvalue weighted by Crippen LogP contribution is -2.32. The molecule has 2 rings (SSSR count). The topological polar surface area (TPSA) is 72.9 Å². The van der Waals surface area contributed by atoms with Crippen LogP contribution in [-0.4, -0.2) is 30.0 Å². The Morgan fingerprint density at radius 3 is 2.47 bits per heavy atom. The van der Waals surface area contributed by atoms with Crippen LogP contribution in [0.4, 0.5) is 0 Å². The van der Waals surface area contributed by atoms with Crippen LogP contribution >= 0.6 is 15.9 Å². The van der Waals surface area contributed by atoms with Crippen molar-refractivity contribution in [3.8, 4) is 5.75 Å². The van der Waals surface area contributed by atoms with E-state index in [-0.39, 0.29) is 18.4 Å². The molecule has 0 radical (unpaired) electrons. The summed E-state index contributed by atoms with van der Waals surface area (Å²) < 4.78 is 5.78. The number of methoxy groups -OCH3 is 1. The second kappa shape index (κ2) is 5.40. The molecule has 0 aliphatic carbocycles. The average molecular weight is 328 g/mol. The zero-order valence-corrected chi connectivity index (χ0v) is 11.6. The fourth-order valence-electron chi connectivity index (χ4n) is 1.62. The summed E-state index contributed by atoms with van der Waals surface area (Å²) in [6.45, 7) is 0. The van der Waals surface area contributed by atoms with E-state index in [0.29, 0.717) is 10.8 Å². The van der Waals surface area contributed by atoms with E-state index in [1.54, 1.807) is 12.1 Å². The van der Waals surface area contributed by atoms with Crippen LogP contribution in [0.5, 0.6) is 5.75 Å². The third-order valence-corrected chi connectivity index (χ3v) is 3.06. The van der Waals surface area contributed by atoms with Crippen LogP contribution in [0.2, 0.25) is 0 Å². The first-order chi connectivity index (χ1) is 9.02. The molecule has 0 spiro atoms. The summed E-state index contributed by atoms with van der Waals surface area (Å²) in [6.07, 6.45) is 0.118. The second-order valence-corrected chi connectivity index (χ2v) is 4.72. The van der Waals surface area contributed by atoms with Crippen molar-refractivity contribution in [2.75, 3.05) is 7.11 Å². The molecule has 1 fully saturated rings. The Kier molecular flexibility index (Phi) is 3.84. The van der Waals surface area contributed by atoms with Gasteiger partial charge in [-0.2, -0.15) is 0 Å². The lowest BCUT2D eigenvalue weighted by atomic mass is 10.2. The van der Waals surface area contributed by atoms with Gasteiger partial charge < -0.3 is 9.57 Å². The SMILES string of the molecule is COc1cc(Br)ccc1C(=O)ON1C(=O)CCC1=O. The van der Waals surface area contributed by atoms with Crippen LogP contribution in [0.3, 0.4) is 0 Å². The molecule has 19 heavy (non-hydrogen) atoms. The number of hydrogen-bond acceptors (Lipinski definition) is 5. The highest BCUT2D eigenvalue weighted by molar-refractivity contribution is 9.10. The highest BCUT2D eigenvalue weighted by Crippen LogP contribution is 2.25. The van der Waals surface area contributed by atoms with Gasteiger partial charge in [0.15, 0.2) is 0 Å². The predicted octanol–water partition coefficient (Wildman–Crippen LogP) is 1.68. The van der Waals surface area contributed by atoms with E-state index in [4.69, 9.17) is 9.57 Å². The Morgan fingerprint density at radius 2 is 1.89 bits per heavy atom. The number of carbonyl (C=O) groups is 3. The van der Waals surface area contributed by atoms with Crippen LogP contribution in [0.25, 0.3) is 0 Å². The molecule has 1 aromatic rings. The minimum atomic E-state index is -0.812. The highest BCUT2D eigenvalue weighted by atomic mass is 79.9. The fraction of sp³-hybridized carbons (Fsp3) is 0.250. The first kappa shape index (κ1) is 13.5. The second-order valence-electron chi connectivity index (χ2n) is 3.81. The molecular weight excluding hydrogens is 318 g/mol. The van der Waals surface area contributed by atoms with E-state index < -0.39 is 17.8 Å². The summed E-state index contributed by atoms with van der Waals surface area (Å²) in [7, 11) is 1.41. The van der Waals surface area contributed by atoms with Crippen LogP contribution < -0.4 is 4.74 Å². The summed E-state index contributed by atoms with van der Waals surface area (Å²) in [4.78, 5) is 39.4. The lowest BCUT2D eigenvalue weighted by molar-refractivity contribution is -0.172. The molecule has 1 saturated heterocycles. The Morgan fingerprint density at radius 1 is 1.26 bits per heavy atom. The summed E-state index contributed by atoms with van der Waals surface area (Å²) in [5.74, 6) is -1.56. The van der Waals surface area contributed by atoms with E-state index in [1.807, 2.05) is 0 Å². The maximum absolute atomic E-state index is 11.9. The zero-order valence-electron chi connectivity index (χ0n) is 10.0. The molecule has 6 nitrogen and oxygen atoms in total. The van der Waals surface area contributed by atoms with Crippen LogP contribution in [-0.2, 0) is 14.4 Å². The number of halogens is 1. The van der Waals surface area contributed by atoms with E-state index in [1.165, 1.54) is 13.2 Å². The Labute approximate surface area is 117 Å². The van der Waals surface area contributed by atoms with Crippen molar-refractivity contribution in [1.82, 2.24) is 5.06 Å². The summed E-state index contributed by atoms with van der Waals surface area (Å²) in [5.41, 5.74) is 0.137. The normalized spacial score (nSPS) is 14.7. The minimum Gasteiger partial charge on any atom is -0.496 e. The summed E-state index contributed by atoms with van der Waals surface area (Å²) >= 11 is 3.24. The van der Waals surface area contributed by atoms with Gasteiger partial charge in [-0.15, -0.1) is 5.06 Å². The standard InChI is InChI=1S/C12H10BrNO5/c1-18-9-6-7(13)2-3-8(9)12(17)19-14-10(15)4-5-11(14)16/h2-3,6H,4-5H2,1H3. The molecule has 0 atom stereocenters. The van der Waals surface area contributed by atoms with Gasteiger partial charge >= 0.3 is 5.97 Å². The molecule has 0 unspecified atom stereocenters. The highest BCUT2D eigenvalue weighted by Gasteiger charge is 2.33. The molecule has 1 heterocycles. The summed E-state index contributed by atoms with van der Waals surface area (Å²) in [5, 5.41) is 0.504. The van der Waals surface area contributed by atoms with Gasteiger partial charge in [-0.3, -0.25) is 9.59 Å². The lowest BCUT2D eigenvalue weighted by Gasteiger charge is -2.14. The Bertz CT molecular complexity index is 541. The molecule has 7 heteroatoms. The quantitative estimate of drug-likeness (QED) is 0.790. The van der Waals surface area contributed by atoms with E-state index in [2.05, 4.69) is 15.9 Å². The predicted molar refractivity (Wildman–Crippen MR) is 67.2 cm³/mol. The average Bonchev–Trinajstić information content (AvgIpc) is 2.70. The minimum absolute atomic E-state index is 0.0591. The molecule has 0 bridgehead atoms. The first-order valence-electron chi connectivity index (χ1n) is 5.44. The third kappa shape index (κ3) is 2.76. The number of ether oxygens (including phenoxy) is 1. The van der Waals surface area contributed by atoms with Gasteiger partial charge in [-0.1, -0.05) is 15.9 Å². The van der Waals surface area contributed by atoms with Crippen molar-refractivity contribution in [2.24, 2.45) is 0 Å². The fourth-order valence-corrected chi connectivity index (χ4v) is 1.96. The van der Waals surface area contributed by atoms with Crippen molar-refractivity contribution in [1.29, 1.82) is 0 Å². The van der Waals surface area contributed by atoms with Crippen molar-refractivity contribution >= 4 is 33.7 Å². The maximum atomic E-state index is 11.9. The number of hydroxylamine groups is 2. The molecular formula is C12H10BrNO5. The monoisotopic (exact) mass is 327 g/mol. The van der Waals surface area contributed by atoms with Gasteiger partial charge in [0.1, 0.15) is 11.3 Å². The smallest absolute Gasteiger partial charge is 0.367 e. The van der Waals surface area contributed by atoms with E-state index in [0.717, 1.165) is 4.47 Å². The largest absolute Gasteiger partial charge is 0.496 e. The Hall–Kier alpha value is -1.89. The molecule has 2 amide bonds. The van der Waals surface area contributed by atoms with Gasteiger partial charge in [-0.25, -0.2) is 4.79 Å². The molecule has 100 valence electrons. The van der Waals surface area contributed by atoms with Crippen molar-refractivity contribution in [3.63, 3.8) is 0 Å². The molecule has 0 aromatic heterocycles. The summed E-state index contributed by atoms with van der Waals surface area (Å²) in [6, 6.07) is 4.70. The van der Waals surface area contributed by atoms with Crippen molar-refractivity contribution in [2.45, 2.75) is 12.8 Å². The zero-order chi connectivity index (χ0) is 14.0. The third-order valence-electron chi connectivity index (χ3n) is 2.56. The van der Waals surface area contributed by atoms with Crippen LogP contribution in [0, 0.1) is 0 Å². The molecule has 1 aliphatic heterocycles.